The van der Waals surface area contributed by atoms with Crippen LogP contribution in [0.4, 0.5) is 5.82 Å². The number of nitrogens with zero attached hydrogens (tertiary/aromatic N) is 2. The molecule has 94 valence electrons. The summed E-state index contributed by atoms with van der Waals surface area (Å²) in [5, 5.41) is 6.83. The first-order chi connectivity index (χ1) is 8.69. The molecule has 2 rings (SSSR count). The fourth-order valence-electron chi connectivity index (χ4n) is 1.66. The summed E-state index contributed by atoms with van der Waals surface area (Å²) in [6.07, 6.45) is 2.60. The number of amides is 1. The van der Waals surface area contributed by atoms with Gasteiger partial charge in [0.05, 0.1) is 0 Å². The third-order valence-electron chi connectivity index (χ3n) is 2.60. The molecular formula is C13H16N4O. The van der Waals surface area contributed by atoms with Gasteiger partial charge in [-0.3, -0.25) is 9.48 Å². The van der Waals surface area contributed by atoms with E-state index in [1.807, 2.05) is 12.1 Å². The van der Waals surface area contributed by atoms with E-state index in [1.165, 1.54) is 0 Å². The van der Waals surface area contributed by atoms with Gasteiger partial charge in [-0.15, -0.1) is 0 Å². The quantitative estimate of drug-likeness (QED) is 0.848. The minimum Gasteiger partial charge on any atom is -0.330 e. The van der Waals surface area contributed by atoms with Crippen LogP contribution in [-0.4, -0.2) is 22.2 Å². The van der Waals surface area contributed by atoms with Crippen LogP contribution in [0, 0.1) is 0 Å². The number of carbonyl (C=O) groups is 1. The van der Waals surface area contributed by atoms with E-state index in [0.717, 1.165) is 12.0 Å². The molecule has 1 aromatic carbocycles. The van der Waals surface area contributed by atoms with Gasteiger partial charge in [-0.2, -0.15) is 5.10 Å². The van der Waals surface area contributed by atoms with Crippen molar-refractivity contribution < 1.29 is 4.79 Å². The van der Waals surface area contributed by atoms with Crippen LogP contribution in [0.25, 0.3) is 0 Å². The number of nitrogens with two attached hydrogens (primary N) is 1. The Kier molecular flexibility index (Phi) is 3.74. The van der Waals surface area contributed by atoms with Crippen molar-refractivity contribution in [3.8, 4) is 0 Å². The summed E-state index contributed by atoms with van der Waals surface area (Å²) in [4.78, 5) is 11.9. The molecule has 0 fully saturated rings. The van der Waals surface area contributed by atoms with Gasteiger partial charge in [0.25, 0.3) is 5.91 Å². The first kappa shape index (κ1) is 12.3. The van der Waals surface area contributed by atoms with Crippen LogP contribution >= 0.6 is 0 Å². The van der Waals surface area contributed by atoms with E-state index >= 15 is 0 Å². The van der Waals surface area contributed by atoms with Crippen LogP contribution in [0.15, 0.2) is 36.5 Å². The fraction of sp³-hybridized carbons (Fsp3) is 0.231. The number of nitrogens with one attached hydrogen (secondary N) is 1. The second-order valence-electron chi connectivity index (χ2n) is 4.06. The fourth-order valence-corrected chi connectivity index (χ4v) is 1.66. The monoisotopic (exact) mass is 244 g/mol. The highest BCUT2D eigenvalue weighted by molar-refractivity contribution is 6.03. The molecule has 0 unspecified atom stereocenters. The van der Waals surface area contributed by atoms with Crippen LogP contribution in [0.5, 0.6) is 0 Å². The summed E-state index contributed by atoms with van der Waals surface area (Å²) in [5.41, 5.74) is 7.22. The lowest BCUT2D eigenvalue weighted by atomic mass is 10.1. The van der Waals surface area contributed by atoms with Gasteiger partial charge in [0.1, 0.15) is 0 Å². The van der Waals surface area contributed by atoms with Crippen molar-refractivity contribution in [2.45, 2.75) is 6.42 Å². The lowest BCUT2D eigenvalue weighted by Gasteiger charge is -2.03. The molecule has 5 nitrogen and oxygen atoms in total. The minimum atomic E-state index is -0.159. The molecule has 0 saturated heterocycles. The highest BCUT2D eigenvalue weighted by atomic mass is 16.1. The van der Waals surface area contributed by atoms with Crippen LogP contribution < -0.4 is 11.1 Å². The van der Waals surface area contributed by atoms with Gasteiger partial charge in [-0.05, 0) is 30.7 Å². The maximum absolute atomic E-state index is 11.9. The van der Waals surface area contributed by atoms with Gasteiger partial charge in [0, 0.05) is 24.9 Å². The Morgan fingerprint density at radius 3 is 2.61 bits per heavy atom. The van der Waals surface area contributed by atoms with Gasteiger partial charge in [0.2, 0.25) is 0 Å². The van der Waals surface area contributed by atoms with E-state index in [4.69, 9.17) is 5.73 Å². The van der Waals surface area contributed by atoms with Crippen LogP contribution in [0.3, 0.4) is 0 Å². The third kappa shape index (κ3) is 2.95. The molecule has 0 spiro atoms. The Bertz CT molecular complexity index is 530. The Morgan fingerprint density at radius 2 is 2.06 bits per heavy atom. The first-order valence-corrected chi connectivity index (χ1v) is 5.79. The van der Waals surface area contributed by atoms with Gasteiger partial charge in [-0.25, -0.2) is 0 Å². The van der Waals surface area contributed by atoms with E-state index in [0.29, 0.717) is 17.9 Å². The third-order valence-corrected chi connectivity index (χ3v) is 2.60. The molecule has 3 N–H and O–H groups in total. The number of rotatable bonds is 4. The SMILES string of the molecule is Cn1ccc(NC(=O)c2ccc(CCN)cc2)n1. The molecule has 0 aliphatic heterocycles. The molecule has 1 heterocycles. The molecule has 0 aliphatic rings. The smallest absolute Gasteiger partial charge is 0.256 e. The molecule has 0 saturated carbocycles. The zero-order valence-corrected chi connectivity index (χ0v) is 10.3. The number of aryl methyl sites for hydroxylation is 1. The van der Waals surface area contributed by atoms with Crippen molar-refractivity contribution in [1.82, 2.24) is 9.78 Å². The Labute approximate surface area is 106 Å². The van der Waals surface area contributed by atoms with E-state index in [-0.39, 0.29) is 5.91 Å². The van der Waals surface area contributed by atoms with Crippen molar-refractivity contribution >= 4 is 11.7 Å². The average Bonchev–Trinajstić information content (AvgIpc) is 2.76. The summed E-state index contributed by atoms with van der Waals surface area (Å²) < 4.78 is 1.64. The normalized spacial score (nSPS) is 10.3. The average molecular weight is 244 g/mol. The Balaban J connectivity index is 2.04. The Morgan fingerprint density at radius 1 is 1.33 bits per heavy atom. The maximum atomic E-state index is 11.9. The van der Waals surface area contributed by atoms with E-state index in [9.17, 15) is 4.79 Å². The predicted octanol–water partition coefficient (Wildman–Crippen LogP) is 1.17. The number of anilines is 1. The first-order valence-electron chi connectivity index (χ1n) is 5.79. The van der Waals surface area contributed by atoms with Crippen LogP contribution in [-0.2, 0) is 13.5 Å². The molecule has 0 aliphatic carbocycles. The molecular weight excluding hydrogens is 228 g/mol. The molecule has 1 aromatic heterocycles. The highest BCUT2D eigenvalue weighted by Gasteiger charge is 2.07. The van der Waals surface area contributed by atoms with Gasteiger partial charge in [0.15, 0.2) is 5.82 Å². The number of hydrogen-bond donors (Lipinski definition) is 2. The van der Waals surface area contributed by atoms with E-state index in [2.05, 4.69) is 10.4 Å². The lowest BCUT2D eigenvalue weighted by Crippen LogP contribution is -2.12. The van der Waals surface area contributed by atoms with E-state index in [1.54, 1.807) is 36.1 Å². The highest BCUT2D eigenvalue weighted by Crippen LogP contribution is 2.08. The van der Waals surface area contributed by atoms with Crippen molar-refractivity contribution in [2.24, 2.45) is 12.8 Å². The topological polar surface area (TPSA) is 72.9 Å². The zero-order valence-electron chi connectivity index (χ0n) is 10.3. The maximum Gasteiger partial charge on any atom is 0.256 e. The molecule has 18 heavy (non-hydrogen) atoms. The number of benzene rings is 1. The molecule has 0 atom stereocenters. The minimum absolute atomic E-state index is 0.159. The number of hydrogen-bond acceptors (Lipinski definition) is 3. The standard InChI is InChI=1S/C13H16N4O/c1-17-9-7-12(16-17)15-13(18)11-4-2-10(3-5-11)6-8-14/h2-5,7,9H,6,8,14H2,1H3,(H,15,16,18). The summed E-state index contributed by atoms with van der Waals surface area (Å²) in [6.45, 7) is 0.611. The van der Waals surface area contributed by atoms with Crippen LogP contribution in [0.1, 0.15) is 15.9 Å². The zero-order chi connectivity index (χ0) is 13.0. The second-order valence-corrected chi connectivity index (χ2v) is 4.06. The molecule has 2 aromatic rings. The number of aromatic nitrogens is 2. The van der Waals surface area contributed by atoms with Crippen LogP contribution in [0.2, 0.25) is 0 Å². The predicted molar refractivity (Wildman–Crippen MR) is 70.4 cm³/mol. The molecule has 0 bridgehead atoms. The lowest BCUT2D eigenvalue weighted by molar-refractivity contribution is 0.102. The van der Waals surface area contributed by atoms with Crippen molar-refractivity contribution in [3.05, 3.63) is 47.7 Å². The van der Waals surface area contributed by atoms with Gasteiger partial charge >= 0.3 is 0 Å². The van der Waals surface area contributed by atoms with E-state index < -0.39 is 0 Å². The summed E-state index contributed by atoms with van der Waals surface area (Å²) in [6, 6.07) is 9.17. The Hall–Kier alpha value is -2.14. The summed E-state index contributed by atoms with van der Waals surface area (Å²) >= 11 is 0. The van der Waals surface area contributed by atoms with Gasteiger partial charge < -0.3 is 11.1 Å². The number of carbonyl (C=O) groups excluding carboxylic acids is 1. The van der Waals surface area contributed by atoms with Crippen molar-refractivity contribution in [2.75, 3.05) is 11.9 Å². The molecule has 5 heteroatoms. The molecule has 1 amide bonds. The summed E-state index contributed by atoms with van der Waals surface area (Å²) in [5.74, 6) is 0.390. The second kappa shape index (κ2) is 5.46. The van der Waals surface area contributed by atoms with Gasteiger partial charge in [-0.1, -0.05) is 12.1 Å². The van der Waals surface area contributed by atoms with Crippen molar-refractivity contribution in [1.29, 1.82) is 0 Å². The molecule has 0 radical (unpaired) electrons. The summed E-state index contributed by atoms with van der Waals surface area (Å²) in [7, 11) is 1.80. The van der Waals surface area contributed by atoms with Crippen molar-refractivity contribution in [3.63, 3.8) is 0 Å². The largest absolute Gasteiger partial charge is 0.330 e.